The van der Waals surface area contributed by atoms with Crippen LogP contribution in [0.4, 0.5) is 0 Å². The molecule has 0 amide bonds. The van der Waals surface area contributed by atoms with Crippen LogP contribution in [0.3, 0.4) is 0 Å². The molecule has 0 aromatic carbocycles. The van der Waals surface area contributed by atoms with E-state index in [9.17, 15) is 0 Å². The van der Waals surface area contributed by atoms with Crippen LogP contribution in [0.5, 0.6) is 0 Å². The van der Waals surface area contributed by atoms with Crippen LogP contribution in [-0.4, -0.2) is 36.5 Å². The van der Waals surface area contributed by atoms with Crippen molar-refractivity contribution in [2.45, 2.75) is 12.3 Å². The van der Waals surface area contributed by atoms with Gasteiger partial charge in [-0.15, -0.1) is 35.0 Å². The van der Waals surface area contributed by atoms with E-state index in [4.69, 9.17) is 9.15 Å². The molecule has 0 bridgehead atoms. The summed E-state index contributed by atoms with van der Waals surface area (Å²) in [5.41, 5.74) is -0.0543. The van der Waals surface area contributed by atoms with Crippen molar-refractivity contribution in [2.24, 2.45) is 5.92 Å². The van der Waals surface area contributed by atoms with E-state index in [1.807, 2.05) is 6.92 Å². The quantitative estimate of drug-likeness (QED) is 0.812. The molecule has 3 rings (SSSR count). The Labute approximate surface area is 106 Å². The van der Waals surface area contributed by atoms with Crippen LogP contribution in [0.25, 0.3) is 0 Å². The van der Waals surface area contributed by atoms with E-state index in [1.165, 1.54) is 0 Å². The van der Waals surface area contributed by atoms with Gasteiger partial charge in [0.15, 0.2) is 0 Å². The zero-order chi connectivity index (χ0) is 9.60. The maximum Gasteiger partial charge on any atom is 0.226 e. The summed E-state index contributed by atoms with van der Waals surface area (Å²) in [6, 6.07) is 0. The van der Waals surface area contributed by atoms with Crippen molar-refractivity contribution in [2.75, 3.05) is 26.3 Å². The van der Waals surface area contributed by atoms with E-state index in [1.54, 1.807) is 0 Å². The molecule has 0 radical (unpaired) electrons. The predicted octanol–water partition coefficient (Wildman–Crippen LogP) is 0.709. The van der Waals surface area contributed by atoms with Crippen molar-refractivity contribution < 1.29 is 9.15 Å². The molecule has 1 N–H and O–H groups in total. The number of aryl methyl sites for hydroxylation is 1. The number of aromatic nitrogens is 2. The minimum absolute atomic E-state index is 0. The second kappa shape index (κ2) is 4.87. The maximum absolute atomic E-state index is 5.53. The lowest BCUT2D eigenvalue weighted by Gasteiger charge is -2.20. The highest BCUT2D eigenvalue weighted by molar-refractivity contribution is 5.85. The number of nitrogens with one attached hydrogen (secondary N) is 1. The molecule has 0 spiro atoms. The first-order valence-corrected chi connectivity index (χ1v) is 4.90. The lowest BCUT2D eigenvalue weighted by Crippen LogP contribution is -2.35. The molecule has 3 heterocycles. The molecule has 2 fully saturated rings. The SMILES string of the molecule is Cc1nnc([C@@]23CNC[C@@H]2COC3)o1.Cl.Cl. The van der Waals surface area contributed by atoms with Crippen LogP contribution < -0.4 is 5.32 Å². The van der Waals surface area contributed by atoms with Crippen LogP contribution in [0, 0.1) is 12.8 Å². The molecule has 16 heavy (non-hydrogen) atoms. The van der Waals surface area contributed by atoms with E-state index < -0.39 is 0 Å². The molecular formula is C9H15Cl2N3O2. The molecule has 0 saturated carbocycles. The predicted molar refractivity (Wildman–Crippen MR) is 62.4 cm³/mol. The summed E-state index contributed by atoms with van der Waals surface area (Å²) in [5, 5.41) is 11.4. The summed E-state index contributed by atoms with van der Waals surface area (Å²) in [6.07, 6.45) is 0. The van der Waals surface area contributed by atoms with Gasteiger partial charge in [0.1, 0.15) is 0 Å². The third-order valence-electron chi connectivity index (χ3n) is 3.24. The largest absolute Gasteiger partial charge is 0.425 e. The van der Waals surface area contributed by atoms with Gasteiger partial charge in [0.05, 0.1) is 18.6 Å². The van der Waals surface area contributed by atoms with Gasteiger partial charge in [-0.3, -0.25) is 0 Å². The van der Waals surface area contributed by atoms with Crippen molar-refractivity contribution >= 4 is 24.8 Å². The zero-order valence-electron chi connectivity index (χ0n) is 8.93. The smallest absolute Gasteiger partial charge is 0.226 e. The number of nitrogens with zero attached hydrogens (tertiary/aromatic N) is 2. The van der Waals surface area contributed by atoms with Crippen LogP contribution in [0.1, 0.15) is 11.8 Å². The molecule has 5 nitrogen and oxygen atoms in total. The van der Waals surface area contributed by atoms with Crippen LogP contribution in [-0.2, 0) is 10.2 Å². The molecule has 2 aliphatic heterocycles. The van der Waals surface area contributed by atoms with E-state index in [0.29, 0.717) is 18.4 Å². The Bertz CT molecular complexity index is 348. The van der Waals surface area contributed by atoms with E-state index in [0.717, 1.165) is 25.6 Å². The summed E-state index contributed by atoms with van der Waals surface area (Å²) in [7, 11) is 0. The highest BCUT2D eigenvalue weighted by atomic mass is 35.5. The Morgan fingerprint density at radius 2 is 2.19 bits per heavy atom. The number of rotatable bonds is 1. The Kier molecular flexibility index (Phi) is 4.17. The molecule has 1 aromatic rings. The van der Waals surface area contributed by atoms with Crippen molar-refractivity contribution in [1.29, 1.82) is 0 Å². The fourth-order valence-electron chi connectivity index (χ4n) is 2.39. The fourth-order valence-corrected chi connectivity index (χ4v) is 2.39. The van der Waals surface area contributed by atoms with Gasteiger partial charge in [-0.2, -0.15) is 0 Å². The monoisotopic (exact) mass is 267 g/mol. The lowest BCUT2D eigenvalue weighted by molar-refractivity contribution is 0.164. The average molecular weight is 268 g/mol. The van der Waals surface area contributed by atoms with Crippen molar-refractivity contribution in [3.63, 3.8) is 0 Å². The van der Waals surface area contributed by atoms with Gasteiger partial charge in [0.25, 0.3) is 0 Å². The van der Waals surface area contributed by atoms with Gasteiger partial charge in [-0.1, -0.05) is 0 Å². The summed E-state index contributed by atoms with van der Waals surface area (Å²) in [4.78, 5) is 0. The van der Waals surface area contributed by atoms with Crippen LogP contribution in [0.15, 0.2) is 4.42 Å². The Balaban J connectivity index is 0.000000640. The van der Waals surface area contributed by atoms with Crippen molar-refractivity contribution in [3.05, 3.63) is 11.8 Å². The van der Waals surface area contributed by atoms with Crippen molar-refractivity contribution in [1.82, 2.24) is 15.5 Å². The molecule has 2 atom stereocenters. The highest BCUT2D eigenvalue weighted by Crippen LogP contribution is 2.39. The molecule has 0 aliphatic carbocycles. The van der Waals surface area contributed by atoms with Crippen LogP contribution in [0.2, 0.25) is 0 Å². The van der Waals surface area contributed by atoms with Crippen LogP contribution >= 0.6 is 24.8 Å². The second-order valence-corrected chi connectivity index (χ2v) is 4.13. The standard InChI is InChI=1S/C9H13N3O2.2ClH/c1-6-11-12-8(14-6)9-4-10-2-7(9)3-13-5-9;;/h7,10H,2-5H2,1H3;2*1H/t7-,9-;;/m1../s1. The third kappa shape index (κ3) is 1.82. The average Bonchev–Trinajstić information content (AvgIpc) is 2.75. The summed E-state index contributed by atoms with van der Waals surface area (Å²) in [6.45, 7) is 5.20. The number of ether oxygens (including phenoxy) is 1. The highest BCUT2D eigenvalue weighted by Gasteiger charge is 2.52. The number of halogens is 2. The molecule has 2 saturated heterocycles. The number of hydrogen-bond donors (Lipinski definition) is 1. The second-order valence-electron chi connectivity index (χ2n) is 4.13. The molecular weight excluding hydrogens is 253 g/mol. The topological polar surface area (TPSA) is 60.2 Å². The molecule has 2 aliphatic rings. The first-order chi connectivity index (χ1) is 6.81. The van der Waals surface area contributed by atoms with Gasteiger partial charge < -0.3 is 14.5 Å². The van der Waals surface area contributed by atoms with E-state index in [-0.39, 0.29) is 30.2 Å². The Morgan fingerprint density at radius 3 is 2.88 bits per heavy atom. The van der Waals surface area contributed by atoms with Gasteiger partial charge in [0, 0.05) is 25.9 Å². The fraction of sp³-hybridized carbons (Fsp3) is 0.778. The first-order valence-electron chi connectivity index (χ1n) is 4.90. The molecule has 92 valence electrons. The van der Waals surface area contributed by atoms with Gasteiger partial charge >= 0.3 is 0 Å². The lowest BCUT2D eigenvalue weighted by atomic mass is 9.81. The van der Waals surface area contributed by atoms with E-state index in [2.05, 4.69) is 15.5 Å². The minimum Gasteiger partial charge on any atom is -0.425 e. The van der Waals surface area contributed by atoms with Crippen molar-refractivity contribution in [3.8, 4) is 0 Å². The number of fused-ring (bicyclic) bond motifs is 1. The van der Waals surface area contributed by atoms with Gasteiger partial charge in [-0.05, 0) is 0 Å². The first kappa shape index (κ1) is 13.7. The summed E-state index contributed by atoms with van der Waals surface area (Å²) < 4.78 is 11.0. The zero-order valence-corrected chi connectivity index (χ0v) is 10.6. The molecule has 7 heteroatoms. The van der Waals surface area contributed by atoms with Gasteiger partial charge in [-0.25, -0.2) is 0 Å². The maximum atomic E-state index is 5.53. The summed E-state index contributed by atoms with van der Waals surface area (Å²) >= 11 is 0. The Hall–Kier alpha value is -0.360. The Morgan fingerprint density at radius 1 is 1.38 bits per heavy atom. The van der Waals surface area contributed by atoms with Gasteiger partial charge in [0.2, 0.25) is 11.8 Å². The molecule has 0 unspecified atom stereocenters. The summed E-state index contributed by atoms with van der Waals surface area (Å²) in [5.74, 6) is 1.86. The normalized spacial score (nSPS) is 31.7. The van der Waals surface area contributed by atoms with E-state index >= 15 is 0 Å². The third-order valence-corrected chi connectivity index (χ3v) is 3.24. The molecule has 1 aromatic heterocycles. The number of hydrogen-bond acceptors (Lipinski definition) is 5. The minimum atomic E-state index is -0.0543.